The SMILES string of the molecule is CC[C@@]1(C)C[C@@H](O)[C@@]2(C)C3C(=O)CC[C@@]3(CC[C@H]2COC(=O)COCc2ccccc2)[C@@H](C)[C@@H]1OCOCc1ccccc1. The second-order valence-electron chi connectivity index (χ2n) is 14.0. The predicted octanol–water partition coefficient (Wildman–Crippen LogP) is 6.50. The van der Waals surface area contributed by atoms with E-state index in [1.165, 1.54) is 0 Å². The summed E-state index contributed by atoms with van der Waals surface area (Å²) < 4.78 is 24.0. The van der Waals surface area contributed by atoms with Crippen LogP contribution in [0.1, 0.15) is 77.3 Å². The smallest absolute Gasteiger partial charge is 0.332 e. The molecule has 1 N–H and O–H groups in total. The summed E-state index contributed by atoms with van der Waals surface area (Å²) in [4.78, 5) is 26.5. The quantitative estimate of drug-likeness (QED) is 0.167. The second-order valence-corrected chi connectivity index (χ2v) is 14.0. The van der Waals surface area contributed by atoms with E-state index in [9.17, 15) is 14.7 Å². The highest BCUT2D eigenvalue weighted by Gasteiger charge is 2.68. The molecule has 8 atom stereocenters. The minimum absolute atomic E-state index is 0.0888. The van der Waals surface area contributed by atoms with Gasteiger partial charge in [-0.2, -0.15) is 0 Å². The molecule has 0 amide bonds. The Kier molecular flexibility index (Phi) is 10.3. The van der Waals surface area contributed by atoms with Gasteiger partial charge in [-0.05, 0) is 60.0 Å². The van der Waals surface area contributed by atoms with E-state index >= 15 is 0 Å². The lowest BCUT2D eigenvalue weighted by Crippen LogP contribution is -2.64. The van der Waals surface area contributed by atoms with Crippen LogP contribution in [-0.2, 0) is 41.8 Å². The zero-order valence-corrected chi connectivity index (χ0v) is 26.8. The third-order valence-electron chi connectivity index (χ3n) is 11.6. The van der Waals surface area contributed by atoms with E-state index in [-0.39, 0.29) is 60.5 Å². The number of carbonyl (C=O) groups is 2. The van der Waals surface area contributed by atoms with Crippen LogP contribution >= 0.6 is 0 Å². The van der Waals surface area contributed by atoms with Gasteiger partial charge in [0.25, 0.3) is 0 Å². The van der Waals surface area contributed by atoms with Gasteiger partial charge in [-0.25, -0.2) is 4.79 Å². The number of Topliss-reactive ketones (excluding diaryl/α,β-unsaturated/α-hetero) is 1. The molecule has 44 heavy (non-hydrogen) atoms. The van der Waals surface area contributed by atoms with E-state index in [0.29, 0.717) is 26.1 Å². The Bertz CT molecular complexity index is 1250. The average Bonchev–Trinajstić information content (AvgIpc) is 3.39. The van der Waals surface area contributed by atoms with Crippen LogP contribution in [0.3, 0.4) is 0 Å². The van der Waals surface area contributed by atoms with Crippen molar-refractivity contribution in [3.63, 3.8) is 0 Å². The van der Waals surface area contributed by atoms with Gasteiger partial charge in [-0.1, -0.05) is 88.4 Å². The van der Waals surface area contributed by atoms with Gasteiger partial charge in [0.05, 0.1) is 32.0 Å². The highest BCUT2D eigenvalue weighted by molar-refractivity contribution is 5.85. The first kappa shape index (κ1) is 32.8. The Labute approximate surface area is 262 Å². The topological polar surface area (TPSA) is 91.3 Å². The van der Waals surface area contributed by atoms with Crippen LogP contribution < -0.4 is 0 Å². The number of carbonyl (C=O) groups excluding carboxylic acids is 2. The van der Waals surface area contributed by atoms with Gasteiger partial charge >= 0.3 is 5.97 Å². The van der Waals surface area contributed by atoms with Crippen LogP contribution in [0, 0.1) is 34.0 Å². The molecular formula is C37H50O7. The number of ether oxygens (including phenoxy) is 4. The van der Waals surface area contributed by atoms with Crippen molar-refractivity contribution in [3.05, 3.63) is 71.8 Å². The van der Waals surface area contributed by atoms with E-state index in [0.717, 1.165) is 36.8 Å². The molecule has 7 nitrogen and oxygen atoms in total. The average molecular weight is 607 g/mol. The summed E-state index contributed by atoms with van der Waals surface area (Å²) in [5, 5.41) is 12.1. The maximum absolute atomic E-state index is 13.8. The number of benzene rings is 2. The van der Waals surface area contributed by atoms with Crippen molar-refractivity contribution in [1.82, 2.24) is 0 Å². The number of ketones is 1. The Hall–Kier alpha value is -2.58. The molecule has 2 bridgehead atoms. The molecule has 2 aromatic carbocycles. The highest BCUT2D eigenvalue weighted by atomic mass is 16.7. The van der Waals surface area contributed by atoms with Gasteiger partial charge in [0.1, 0.15) is 19.2 Å². The Morgan fingerprint density at radius 3 is 2.23 bits per heavy atom. The van der Waals surface area contributed by atoms with E-state index in [1.807, 2.05) is 60.7 Å². The minimum Gasteiger partial charge on any atom is -0.464 e. The zero-order chi connectivity index (χ0) is 31.4. The molecule has 7 heteroatoms. The molecule has 0 aliphatic heterocycles. The summed E-state index contributed by atoms with van der Waals surface area (Å²) in [5.41, 5.74) is 0.757. The van der Waals surface area contributed by atoms with Crippen molar-refractivity contribution in [2.45, 2.75) is 91.6 Å². The maximum Gasteiger partial charge on any atom is 0.332 e. The lowest BCUT2D eigenvalue weighted by molar-refractivity contribution is -0.232. The van der Waals surface area contributed by atoms with Crippen LogP contribution in [0.2, 0.25) is 0 Å². The van der Waals surface area contributed by atoms with E-state index in [4.69, 9.17) is 18.9 Å². The largest absolute Gasteiger partial charge is 0.464 e. The van der Waals surface area contributed by atoms with Crippen molar-refractivity contribution >= 4 is 11.8 Å². The van der Waals surface area contributed by atoms with Gasteiger partial charge in [0, 0.05) is 23.7 Å². The number of esters is 1. The third kappa shape index (κ3) is 6.39. The zero-order valence-electron chi connectivity index (χ0n) is 26.8. The molecule has 3 fully saturated rings. The van der Waals surface area contributed by atoms with Crippen molar-refractivity contribution in [2.75, 3.05) is 20.0 Å². The van der Waals surface area contributed by atoms with Crippen molar-refractivity contribution < 1.29 is 33.6 Å². The molecule has 0 aromatic heterocycles. The first-order chi connectivity index (χ1) is 21.1. The normalized spacial score (nSPS) is 35.0. The third-order valence-corrected chi connectivity index (χ3v) is 11.6. The summed E-state index contributed by atoms with van der Waals surface area (Å²) in [5.74, 6) is -0.554. The maximum atomic E-state index is 13.8. The fraction of sp³-hybridized carbons (Fsp3) is 0.622. The molecule has 0 saturated heterocycles. The highest BCUT2D eigenvalue weighted by Crippen LogP contribution is 2.68. The summed E-state index contributed by atoms with van der Waals surface area (Å²) in [6.07, 6.45) is 3.32. The van der Waals surface area contributed by atoms with Gasteiger partial charge < -0.3 is 24.1 Å². The molecule has 0 radical (unpaired) electrons. The molecular weight excluding hydrogens is 556 g/mol. The first-order valence-electron chi connectivity index (χ1n) is 16.4. The number of aliphatic hydroxyl groups is 1. The lowest BCUT2D eigenvalue weighted by Gasteiger charge is -2.62. The number of aliphatic hydroxyl groups excluding tert-OH is 1. The van der Waals surface area contributed by atoms with Crippen molar-refractivity contribution in [2.24, 2.45) is 34.0 Å². The molecule has 240 valence electrons. The second kappa shape index (κ2) is 13.8. The predicted molar refractivity (Wildman–Crippen MR) is 167 cm³/mol. The van der Waals surface area contributed by atoms with Gasteiger partial charge in [-0.15, -0.1) is 0 Å². The number of rotatable bonds is 12. The molecule has 3 saturated carbocycles. The molecule has 1 unspecified atom stereocenters. The van der Waals surface area contributed by atoms with Gasteiger partial charge in [0.2, 0.25) is 0 Å². The molecule has 0 heterocycles. The Morgan fingerprint density at radius 1 is 0.955 bits per heavy atom. The summed E-state index contributed by atoms with van der Waals surface area (Å²) in [7, 11) is 0. The summed E-state index contributed by atoms with van der Waals surface area (Å²) in [6, 6.07) is 19.8. The van der Waals surface area contributed by atoms with Crippen molar-refractivity contribution in [1.29, 1.82) is 0 Å². The standard InChI is InChI=1S/C37H50O7/c1-5-35(3)20-31(39)36(4)29(23-43-32(40)24-41-21-27-12-8-6-9-13-27)16-18-37(19-17-30(38)33(36)37)26(2)34(35)44-25-42-22-28-14-10-7-11-15-28/h6-15,26,29,31,33-34,39H,5,16-25H2,1-4H3/t26-,29-,31+,33?,34-,35-,36-,37-/m0/s1. The van der Waals surface area contributed by atoms with E-state index in [2.05, 4.69) is 27.7 Å². The van der Waals surface area contributed by atoms with Crippen LogP contribution in [-0.4, -0.2) is 49.1 Å². The fourth-order valence-corrected chi connectivity index (χ4v) is 8.93. The molecule has 5 rings (SSSR count). The van der Waals surface area contributed by atoms with Crippen molar-refractivity contribution in [3.8, 4) is 0 Å². The van der Waals surface area contributed by atoms with Crippen LogP contribution in [0.5, 0.6) is 0 Å². The van der Waals surface area contributed by atoms with Crippen LogP contribution in [0.25, 0.3) is 0 Å². The summed E-state index contributed by atoms with van der Waals surface area (Å²) >= 11 is 0. The Balaban J connectivity index is 1.30. The number of hydrogen-bond acceptors (Lipinski definition) is 7. The minimum atomic E-state index is -0.749. The van der Waals surface area contributed by atoms with Gasteiger partial charge in [-0.3, -0.25) is 4.79 Å². The molecule has 3 aliphatic rings. The molecule has 3 aliphatic carbocycles. The summed E-state index contributed by atoms with van der Waals surface area (Å²) in [6.45, 7) is 9.70. The van der Waals surface area contributed by atoms with Crippen LogP contribution in [0.4, 0.5) is 0 Å². The van der Waals surface area contributed by atoms with Gasteiger partial charge in [0.15, 0.2) is 0 Å². The molecule has 2 aromatic rings. The Morgan fingerprint density at radius 2 is 1.59 bits per heavy atom. The first-order valence-corrected chi connectivity index (χ1v) is 16.4. The van der Waals surface area contributed by atoms with Crippen LogP contribution in [0.15, 0.2) is 60.7 Å². The van der Waals surface area contributed by atoms with E-state index < -0.39 is 17.5 Å². The monoisotopic (exact) mass is 606 g/mol. The number of hydrogen-bond donors (Lipinski definition) is 1. The molecule has 0 spiro atoms. The lowest BCUT2D eigenvalue weighted by atomic mass is 9.43. The van der Waals surface area contributed by atoms with E-state index in [1.54, 1.807) is 0 Å². The fourth-order valence-electron chi connectivity index (χ4n) is 8.93.